The number of aldehydes is 1. The van der Waals surface area contributed by atoms with E-state index in [-0.39, 0.29) is 7.47 Å². The van der Waals surface area contributed by atoms with Crippen LogP contribution in [0.4, 0.5) is 0 Å². The molecule has 0 radical (unpaired) electrons. The van der Waals surface area contributed by atoms with Gasteiger partial charge in [0.1, 0.15) is 6.29 Å². The van der Waals surface area contributed by atoms with E-state index in [0.717, 1.165) is 32.1 Å². The third kappa shape index (κ3) is 14.4. The fourth-order valence-electron chi connectivity index (χ4n) is 0.876. The molecule has 0 bridgehead atoms. The zero-order chi connectivity index (χ0) is 10.7. The summed E-state index contributed by atoms with van der Waals surface area (Å²) in [5, 5.41) is 0. The molecule has 0 aliphatic rings. The molecule has 0 aromatic carbocycles. The molecular formula is C10H26N2O. The summed E-state index contributed by atoms with van der Waals surface area (Å²) in [4.78, 5) is 12.2. The zero-order valence-electron chi connectivity index (χ0n) is 9.42. The Bertz CT molecular complexity index is 110. The van der Waals surface area contributed by atoms with E-state index in [9.17, 15) is 4.79 Å². The summed E-state index contributed by atoms with van der Waals surface area (Å²) in [6.45, 7) is 5.07. The smallest absolute Gasteiger partial charge is 0.136 e. The highest BCUT2D eigenvalue weighted by atomic mass is 16.1. The van der Waals surface area contributed by atoms with Crippen LogP contribution in [0.5, 0.6) is 0 Å². The van der Waals surface area contributed by atoms with Crippen molar-refractivity contribution in [1.82, 2.24) is 4.90 Å². The quantitative estimate of drug-likeness (QED) is 0.510. The number of carbonyl (C=O) groups excluding carboxylic acids is 1. The molecule has 0 heterocycles. The second-order valence-electron chi connectivity index (χ2n) is 3.10. The van der Waals surface area contributed by atoms with Crippen molar-refractivity contribution < 1.29 is 6.22 Å². The molecule has 0 rings (SSSR count). The Labute approximate surface area is 83.8 Å². The van der Waals surface area contributed by atoms with Crippen LogP contribution in [-0.2, 0) is 4.79 Å². The number of nitrogens with zero attached hydrogens (tertiary/aromatic N) is 1. The van der Waals surface area contributed by atoms with Crippen molar-refractivity contribution in [2.45, 2.75) is 39.2 Å². The zero-order valence-corrected chi connectivity index (χ0v) is 9.42. The Hall–Kier alpha value is -0.410. The van der Waals surface area contributed by atoms with E-state index in [1.54, 1.807) is 0 Å². The van der Waals surface area contributed by atoms with Crippen LogP contribution in [0.15, 0.2) is 0 Å². The minimum atomic E-state index is -0.253. The Morgan fingerprint density at radius 3 is 2.31 bits per heavy atom. The van der Waals surface area contributed by atoms with Crippen LogP contribution in [0.1, 0.15) is 34.5 Å². The lowest BCUT2D eigenvalue weighted by atomic mass is 10.1. The third-order valence-electron chi connectivity index (χ3n) is 1.57. The van der Waals surface area contributed by atoms with Crippen LogP contribution in [0.2, 0.25) is 0 Å². The molecule has 0 spiro atoms. The van der Waals surface area contributed by atoms with E-state index in [0.29, 0.717) is 0 Å². The molecule has 3 nitrogen and oxygen atoms in total. The van der Waals surface area contributed by atoms with E-state index in [1.165, 1.54) is 0 Å². The maximum Gasteiger partial charge on any atom is 0.136 e. The van der Waals surface area contributed by atoms with E-state index in [1.807, 2.05) is 27.9 Å². The Balaban J connectivity index is -0.000000376. The number of carbonyl (C=O) groups is 1. The highest BCUT2D eigenvalue weighted by Gasteiger charge is 1.98. The summed E-state index contributed by atoms with van der Waals surface area (Å²) >= 11 is 0. The van der Waals surface area contributed by atoms with E-state index < -0.39 is 0 Å². The summed E-state index contributed by atoms with van der Waals surface area (Å²) in [5.74, 6) is 0. The Morgan fingerprint density at radius 2 is 1.92 bits per heavy atom. The average molecular weight is 190 g/mol. The van der Waals surface area contributed by atoms with Crippen LogP contribution in [0.25, 0.3) is 0 Å². The molecule has 0 unspecified atom stereocenters. The van der Waals surface area contributed by atoms with Gasteiger partial charge in [-0.15, -0.1) is 0 Å². The molecule has 0 fully saturated rings. The summed E-state index contributed by atoms with van der Waals surface area (Å²) in [6, 6.07) is -0.253. The van der Waals surface area contributed by atoms with Gasteiger partial charge in [-0.2, -0.15) is 0 Å². The molecule has 0 amide bonds. The van der Waals surface area contributed by atoms with Gasteiger partial charge in [-0.25, -0.2) is 0 Å². The number of rotatable bonds is 6. The highest BCUT2D eigenvalue weighted by molar-refractivity contribution is 5.56. The van der Waals surface area contributed by atoms with Crippen LogP contribution in [0, 0.1) is 0 Å². The first kappa shape index (κ1) is 15.1. The number of hydrogen-bond donors (Lipinski definition) is 1. The van der Waals surface area contributed by atoms with Gasteiger partial charge in [0.2, 0.25) is 0 Å². The van der Waals surface area contributed by atoms with Gasteiger partial charge in [0, 0.05) is 1.43 Å². The molecule has 0 saturated carbocycles. The first-order valence-corrected chi connectivity index (χ1v) is 5.02. The molecule has 2 N–H and O–H groups in total. The maximum absolute atomic E-state index is 10.1. The van der Waals surface area contributed by atoms with E-state index >= 15 is 0 Å². The normalized spacial score (nSPS) is 11.8. The summed E-state index contributed by atoms with van der Waals surface area (Å²) in [6.07, 6.45) is 3.79. The number of unbranched alkanes of at least 4 members (excludes halogenated alkanes) is 1. The second kappa shape index (κ2) is 11.6. The molecule has 13 heavy (non-hydrogen) atoms. The van der Waals surface area contributed by atoms with Gasteiger partial charge < -0.3 is 15.4 Å². The lowest BCUT2D eigenvalue weighted by Crippen LogP contribution is -2.21. The summed E-state index contributed by atoms with van der Waals surface area (Å²) < 4.78 is 0. The van der Waals surface area contributed by atoms with Crippen molar-refractivity contribution in [2.75, 3.05) is 20.6 Å². The molecule has 3 heteroatoms. The first-order valence-electron chi connectivity index (χ1n) is 5.02. The molecule has 0 aromatic rings. The predicted octanol–water partition coefficient (Wildman–Crippen LogP) is 1.52. The summed E-state index contributed by atoms with van der Waals surface area (Å²) in [7, 11) is 4.08. The van der Waals surface area contributed by atoms with Crippen LogP contribution in [0.3, 0.4) is 0 Å². The average Bonchev–Trinajstić information content (AvgIpc) is 2.15. The van der Waals surface area contributed by atoms with Crippen LogP contribution >= 0.6 is 0 Å². The van der Waals surface area contributed by atoms with Gasteiger partial charge in [0.05, 0.1) is 6.04 Å². The summed E-state index contributed by atoms with van der Waals surface area (Å²) in [5.41, 5.74) is 5.41. The lowest BCUT2D eigenvalue weighted by molar-refractivity contribution is -0.109. The topological polar surface area (TPSA) is 46.3 Å². The molecule has 0 aromatic heterocycles. The molecule has 82 valence electrons. The number of hydrogen-bond acceptors (Lipinski definition) is 3. The van der Waals surface area contributed by atoms with Gasteiger partial charge >= 0.3 is 0 Å². The van der Waals surface area contributed by atoms with E-state index in [4.69, 9.17) is 5.73 Å². The fourth-order valence-corrected chi connectivity index (χ4v) is 0.876. The van der Waals surface area contributed by atoms with Gasteiger partial charge in [-0.1, -0.05) is 20.3 Å². The SMILES string of the molecule is CC.CN(C)CCCC[C@H](N)C=O.[HH]. The van der Waals surface area contributed by atoms with Gasteiger partial charge in [0.15, 0.2) is 0 Å². The first-order chi connectivity index (χ1) is 6.16. The lowest BCUT2D eigenvalue weighted by Gasteiger charge is -2.09. The Morgan fingerprint density at radius 1 is 1.38 bits per heavy atom. The van der Waals surface area contributed by atoms with Crippen molar-refractivity contribution in [3.63, 3.8) is 0 Å². The fraction of sp³-hybridized carbons (Fsp3) is 0.900. The molecule has 1 atom stereocenters. The van der Waals surface area contributed by atoms with Crippen molar-refractivity contribution in [3.05, 3.63) is 0 Å². The van der Waals surface area contributed by atoms with Crippen molar-refractivity contribution >= 4 is 6.29 Å². The maximum atomic E-state index is 10.1. The van der Waals surface area contributed by atoms with Crippen LogP contribution < -0.4 is 5.73 Å². The van der Waals surface area contributed by atoms with Crippen LogP contribution in [-0.4, -0.2) is 37.9 Å². The van der Waals surface area contributed by atoms with Crippen molar-refractivity contribution in [2.24, 2.45) is 5.73 Å². The van der Waals surface area contributed by atoms with Crippen molar-refractivity contribution in [1.29, 1.82) is 0 Å². The minimum Gasteiger partial charge on any atom is -0.322 e. The highest BCUT2D eigenvalue weighted by Crippen LogP contribution is 1.97. The second-order valence-corrected chi connectivity index (χ2v) is 3.10. The van der Waals surface area contributed by atoms with Gasteiger partial charge in [0.25, 0.3) is 0 Å². The van der Waals surface area contributed by atoms with Gasteiger partial charge in [-0.3, -0.25) is 0 Å². The molecule has 0 saturated heterocycles. The Kier molecular flexibility index (Phi) is 13.4. The minimum absolute atomic E-state index is 0. The molecular weight excluding hydrogens is 164 g/mol. The predicted molar refractivity (Wildman–Crippen MR) is 59.9 cm³/mol. The van der Waals surface area contributed by atoms with E-state index in [2.05, 4.69) is 4.90 Å². The molecule has 0 aliphatic heterocycles. The number of nitrogens with two attached hydrogens (primary N) is 1. The largest absolute Gasteiger partial charge is 0.322 e. The molecule has 0 aliphatic carbocycles. The third-order valence-corrected chi connectivity index (χ3v) is 1.57. The monoisotopic (exact) mass is 190 g/mol. The van der Waals surface area contributed by atoms with Crippen molar-refractivity contribution in [3.8, 4) is 0 Å². The standard InChI is InChI=1S/C8H18N2O.C2H6.H2/c1-10(2)6-4-3-5-8(9)7-11;1-2;/h7-8H,3-6,9H2,1-2H3;1-2H3;1H/t8-;;/m0../s1. The van der Waals surface area contributed by atoms with Gasteiger partial charge in [-0.05, 0) is 33.5 Å².